The summed E-state index contributed by atoms with van der Waals surface area (Å²) in [4.78, 5) is 29.0. The minimum atomic E-state index is -0.433. The molecule has 1 N–H and O–H groups in total. The molecule has 0 radical (unpaired) electrons. The lowest BCUT2D eigenvalue weighted by molar-refractivity contribution is -0.116. The molecule has 0 aliphatic rings. The summed E-state index contributed by atoms with van der Waals surface area (Å²) in [5.41, 5.74) is 1.75. The van der Waals surface area contributed by atoms with Crippen LogP contribution in [0.4, 0.5) is 9.52 Å². The van der Waals surface area contributed by atoms with Gasteiger partial charge in [0, 0.05) is 5.56 Å². The maximum atomic E-state index is 13.5. The molecular weight excluding hydrogens is 381 g/mol. The van der Waals surface area contributed by atoms with Crippen molar-refractivity contribution in [2.24, 2.45) is 0 Å². The van der Waals surface area contributed by atoms with Gasteiger partial charge in [0.25, 0.3) is 5.56 Å². The van der Waals surface area contributed by atoms with E-state index in [2.05, 4.69) is 20.5 Å². The van der Waals surface area contributed by atoms with Gasteiger partial charge < -0.3 is 0 Å². The van der Waals surface area contributed by atoms with Crippen molar-refractivity contribution in [2.45, 2.75) is 13.5 Å². The fraction of sp³-hybridized carbons (Fsp3) is 0.105. The summed E-state index contributed by atoms with van der Waals surface area (Å²) in [6.45, 7) is 1.64. The van der Waals surface area contributed by atoms with Gasteiger partial charge in [-0.25, -0.2) is 9.37 Å². The van der Waals surface area contributed by atoms with Crippen LogP contribution in [0.15, 0.2) is 53.6 Å². The minimum Gasteiger partial charge on any atom is -0.299 e. The molecular formula is C19H14FN5O2S. The fourth-order valence-corrected chi connectivity index (χ4v) is 3.58. The summed E-state index contributed by atoms with van der Waals surface area (Å²) < 4.78 is 14.7. The maximum Gasteiger partial charge on any atom is 0.261 e. The molecule has 0 unspecified atom stereocenters. The predicted molar refractivity (Wildman–Crippen MR) is 105 cm³/mol. The molecule has 0 bridgehead atoms. The number of rotatable bonds is 4. The monoisotopic (exact) mass is 395 g/mol. The number of hydrogen-bond donors (Lipinski definition) is 1. The molecule has 140 valence electrons. The second kappa shape index (κ2) is 7.28. The Hall–Kier alpha value is -3.46. The fourth-order valence-electron chi connectivity index (χ4n) is 2.74. The van der Waals surface area contributed by atoms with Gasteiger partial charge in [-0.3, -0.25) is 19.5 Å². The van der Waals surface area contributed by atoms with E-state index in [-0.39, 0.29) is 23.1 Å². The van der Waals surface area contributed by atoms with Crippen LogP contribution >= 0.6 is 11.3 Å². The van der Waals surface area contributed by atoms with Gasteiger partial charge >= 0.3 is 0 Å². The topological polar surface area (TPSA) is 89.8 Å². The lowest BCUT2D eigenvalue weighted by atomic mass is 10.1. The average molecular weight is 395 g/mol. The van der Waals surface area contributed by atoms with Gasteiger partial charge in [0.2, 0.25) is 11.0 Å². The Bertz CT molecular complexity index is 1250. The maximum absolute atomic E-state index is 13.5. The second-order valence-electron chi connectivity index (χ2n) is 6.11. The Balaban J connectivity index is 1.52. The van der Waals surface area contributed by atoms with Crippen molar-refractivity contribution in [3.8, 4) is 10.6 Å². The number of halogens is 1. The Morgan fingerprint density at radius 3 is 2.89 bits per heavy atom. The number of benzene rings is 2. The molecule has 0 aliphatic heterocycles. The van der Waals surface area contributed by atoms with E-state index < -0.39 is 5.91 Å². The summed E-state index contributed by atoms with van der Waals surface area (Å²) in [6.07, 6.45) is 1.34. The average Bonchev–Trinajstić information content (AvgIpc) is 3.14. The van der Waals surface area contributed by atoms with Crippen LogP contribution in [0, 0.1) is 12.7 Å². The van der Waals surface area contributed by atoms with E-state index >= 15 is 0 Å². The number of anilines is 1. The largest absolute Gasteiger partial charge is 0.299 e. The van der Waals surface area contributed by atoms with Crippen LogP contribution in [0.25, 0.3) is 21.5 Å². The summed E-state index contributed by atoms with van der Waals surface area (Å²) in [6, 6.07) is 11.3. The van der Waals surface area contributed by atoms with Gasteiger partial charge in [-0.05, 0) is 36.8 Å². The van der Waals surface area contributed by atoms with Crippen LogP contribution in [0.1, 0.15) is 5.56 Å². The number of fused-ring (bicyclic) bond motifs is 1. The van der Waals surface area contributed by atoms with Crippen molar-refractivity contribution in [1.82, 2.24) is 19.7 Å². The summed E-state index contributed by atoms with van der Waals surface area (Å²) in [7, 11) is 0. The van der Waals surface area contributed by atoms with Gasteiger partial charge in [-0.15, -0.1) is 10.2 Å². The van der Waals surface area contributed by atoms with Crippen molar-refractivity contribution in [3.63, 3.8) is 0 Å². The van der Waals surface area contributed by atoms with Crippen LogP contribution in [0.2, 0.25) is 0 Å². The SMILES string of the molecule is Cc1ccc(F)cc1-c1nnc(NC(=O)Cn2cnc3ccccc3c2=O)s1. The second-order valence-corrected chi connectivity index (χ2v) is 7.09. The molecule has 2 aromatic carbocycles. The van der Waals surface area contributed by atoms with Crippen molar-refractivity contribution >= 4 is 33.3 Å². The predicted octanol–water partition coefficient (Wildman–Crippen LogP) is 3.00. The number of aromatic nitrogens is 4. The lowest BCUT2D eigenvalue weighted by Crippen LogP contribution is -2.27. The first-order valence-corrected chi connectivity index (χ1v) is 9.17. The highest BCUT2D eigenvalue weighted by Gasteiger charge is 2.13. The Labute approximate surface area is 162 Å². The zero-order valence-corrected chi connectivity index (χ0v) is 15.5. The van der Waals surface area contributed by atoms with Crippen LogP contribution in [-0.4, -0.2) is 25.7 Å². The van der Waals surface area contributed by atoms with Gasteiger partial charge in [-0.1, -0.05) is 29.5 Å². The van der Waals surface area contributed by atoms with Crippen molar-refractivity contribution in [3.05, 3.63) is 70.5 Å². The summed E-state index contributed by atoms with van der Waals surface area (Å²) in [5, 5.41) is 11.8. The molecule has 2 heterocycles. The third-order valence-electron chi connectivity index (χ3n) is 4.15. The highest BCUT2D eigenvalue weighted by molar-refractivity contribution is 7.18. The first-order valence-electron chi connectivity index (χ1n) is 8.35. The van der Waals surface area contributed by atoms with E-state index in [4.69, 9.17) is 0 Å². The Morgan fingerprint density at radius 1 is 1.21 bits per heavy atom. The van der Waals surface area contributed by atoms with Crippen LogP contribution in [0.3, 0.4) is 0 Å². The quantitative estimate of drug-likeness (QED) is 0.574. The molecule has 9 heteroatoms. The first-order chi connectivity index (χ1) is 13.5. The highest BCUT2D eigenvalue weighted by Crippen LogP contribution is 2.29. The van der Waals surface area contributed by atoms with Crippen molar-refractivity contribution < 1.29 is 9.18 Å². The molecule has 0 aliphatic carbocycles. The molecule has 2 aromatic heterocycles. The number of amides is 1. The molecule has 0 spiro atoms. The molecule has 0 atom stereocenters. The number of para-hydroxylation sites is 1. The van der Waals surface area contributed by atoms with E-state index in [9.17, 15) is 14.0 Å². The van der Waals surface area contributed by atoms with Gasteiger partial charge in [0.1, 0.15) is 17.4 Å². The smallest absolute Gasteiger partial charge is 0.261 e. The lowest BCUT2D eigenvalue weighted by Gasteiger charge is -2.06. The number of carbonyl (C=O) groups is 1. The molecule has 0 fully saturated rings. The zero-order valence-electron chi connectivity index (χ0n) is 14.7. The third-order valence-corrected chi connectivity index (χ3v) is 5.02. The molecule has 1 amide bonds. The van der Waals surface area contributed by atoms with Crippen molar-refractivity contribution in [1.29, 1.82) is 0 Å². The van der Waals surface area contributed by atoms with E-state index in [0.717, 1.165) is 16.9 Å². The van der Waals surface area contributed by atoms with E-state index in [0.29, 0.717) is 21.5 Å². The molecule has 0 saturated heterocycles. The standard InChI is InChI=1S/C19H14FN5O2S/c1-11-6-7-12(20)8-14(11)17-23-24-19(28-17)22-16(26)9-25-10-21-15-5-3-2-4-13(15)18(25)27/h2-8,10H,9H2,1H3,(H,22,24,26). The third kappa shape index (κ3) is 3.52. The summed E-state index contributed by atoms with van der Waals surface area (Å²) in [5.74, 6) is -0.803. The molecule has 4 rings (SSSR count). The molecule has 0 saturated carbocycles. The molecule has 4 aromatic rings. The summed E-state index contributed by atoms with van der Waals surface area (Å²) >= 11 is 1.13. The van der Waals surface area contributed by atoms with Crippen LogP contribution in [0.5, 0.6) is 0 Å². The normalized spacial score (nSPS) is 10.9. The zero-order chi connectivity index (χ0) is 19.7. The number of nitrogens with zero attached hydrogens (tertiary/aromatic N) is 4. The van der Waals surface area contributed by atoms with Crippen molar-refractivity contribution in [2.75, 3.05) is 5.32 Å². The number of hydrogen-bond acceptors (Lipinski definition) is 6. The number of carbonyl (C=O) groups excluding carboxylic acids is 1. The molecule has 28 heavy (non-hydrogen) atoms. The van der Waals surface area contributed by atoms with Crippen LogP contribution in [-0.2, 0) is 11.3 Å². The van der Waals surface area contributed by atoms with Gasteiger partial charge in [0.15, 0.2) is 0 Å². The Kier molecular flexibility index (Phi) is 4.66. The van der Waals surface area contributed by atoms with E-state index in [1.807, 2.05) is 6.92 Å². The van der Waals surface area contributed by atoms with E-state index in [1.54, 1.807) is 30.3 Å². The van der Waals surface area contributed by atoms with Gasteiger partial charge in [-0.2, -0.15) is 0 Å². The number of aryl methyl sites for hydroxylation is 1. The van der Waals surface area contributed by atoms with Crippen LogP contribution < -0.4 is 10.9 Å². The Morgan fingerprint density at radius 2 is 2.04 bits per heavy atom. The first kappa shape index (κ1) is 17.9. The van der Waals surface area contributed by atoms with E-state index in [1.165, 1.54) is 23.0 Å². The minimum absolute atomic E-state index is 0.204. The highest BCUT2D eigenvalue weighted by atomic mass is 32.1. The molecule has 7 nitrogen and oxygen atoms in total. The van der Waals surface area contributed by atoms with Gasteiger partial charge in [0.05, 0.1) is 17.2 Å². The number of nitrogens with one attached hydrogen (secondary N) is 1.